The number of halogens is 2. The lowest BCUT2D eigenvalue weighted by Gasteiger charge is -2.40. The lowest BCUT2D eigenvalue weighted by molar-refractivity contribution is -0.128. The Morgan fingerprint density at radius 1 is 0.970 bits per heavy atom. The van der Waals surface area contributed by atoms with E-state index in [9.17, 15) is 4.79 Å². The summed E-state index contributed by atoms with van der Waals surface area (Å²) in [4.78, 5) is 20.2. The highest BCUT2D eigenvalue weighted by Crippen LogP contribution is 2.42. The monoisotopic (exact) mass is 481 g/mol. The molecule has 1 fully saturated rings. The van der Waals surface area contributed by atoms with Gasteiger partial charge in [0, 0.05) is 56.2 Å². The van der Waals surface area contributed by atoms with Gasteiger partial charge in [-0.25, -0.2) is 4.68 Å². The Hall–Kier alpha value is -2.96. The van der Waals surface area contributed by atoms with Gasteiger partial charge in [0.05, 0.1) is 21.8 Å². The molecule has 1 unspecified atom stereocenters. The van der Waals surface area contributed by atoms with Gasteiger partial charge in [0.25, 0.3) is 5.91 Å². The van der Waals surface area contributed by atoms with Gasteiger partial charge >= 0.3 is 0 Å². The Morgan fingerprint density at radius 2 is 1.70 bits per heavy atom. The van der Waals surface area contributed by atoms with E-state index in [0.717, 1.165) is 30.2 Å². The molecule has 2 aromatic carbocycles. The zero-order valence-corrected chi connectivity index (χ0v) is 20.1. The molecule has 0 radical (unpaired) electrons. The number of carbonyl (C=O) groups excluding carboxylic acids is 1. The number of anilines is 2. The maximum Gasteiger partial charge on any atom is 0.254 e. The summed E-state index contributed by atoms with van der Waals surface area (Å²) in [5, 5.41) is 5.47. The largest absolute Gasteiger partial charge is 0.368 e. The number of aromatic nitrogens is 2. The minimum absolute atomic E-state index is 0.00857. The smallest absolute Gasteiger partial charge is 0.254 e. The number of hydrogen-bond donors (Lipinski definition) is 0. The number of nitrogens with zero attached hydrogens (tertiary/aromatic N) is 5. The number of amides is 1. The van der Waals surface area contributed by atoms with E-state index in [1.165, 1.54) is 5.69 Å². The Kier molecular flexibility index (Phi) is 5.81. The zero-order chi connectivity index (χ0) is 23.1. The van der Waals surface area contributed by atoms with Crippen LogP contribution in [0.5, 0.6) is 0 Å². The Bertz CT molecular complexity index is 1210. The molecule has 3 aromatic rings. The van der Waals surface area contributed by atoms with Crippen LogP contribution in [0.4, 0.5) is 11.5 Å². The predicted octanol–water partition coefficient (Wildman–Crippen LogP) is 4.85. The number of carbonyl (C=O) groups is 1. The number of piperazine rings is 1. The first-order valence-electron chi connectivity index (χ1n) is 11.0. The van der Waals surface area contributed by atoms with E-state index in [4.69, 9.17) is 23.2 Å². The quantitative estimate of drug-likeness (QED) is 0.536. The van der Waals surface area contributed by atoms with E-state index < -0.39 is 6.04 Å². The van der Waals surface area contributed by atoms with Gasteiger partial charge in [-0.3, -0.25) is 4.79 Å². The molecule has 1 aromatic heterocycles. The van der Waals surface area contributed by atoms with E-state index in [-0.39, 0.29) is 5.91 Å². The lowest BCUT2D eigenvalue weighted by Crippen LogP contribution is -2.50. The fraction of sp³-hybridized carbons (Fsp3) is 0.280. The Morgan fingerprint density at radius 3 is 2.42 bits per heavy atom. The van der Waals surface area contributed by atoms with Crippen molar-refractivity contribution in [3.05, 3.63) is 87.7 Å². The van der Waals surface area contributed by atoms with Crippen molar-refractivity contribution in [2.75, 3.05) is 43.0 Å². The molecule has 170 valence electrons. The molecule has 8 heteroatoms. The molecule has 2 aliphatic heterocycles. The van der Waals surface area contributed by atoms with Gasteiger partial charge in [-0.1, -0.05) is 53.5 Å². The number of benzene rings is 2. The summed E-state index contributed by atoms with van der Waals surface area (Å²) in [7, 11) is 1.96. The summed E-state index contributed by atoms with van der Waals surface area (Å²) in [6.45, 7) is 4.85. The lowest BCUT2D eigenvalue weighted by atomic mass is 9.93. The van der Waals surface area contributed by atoms with Crippen LogP contribution < -0.4 is 9.80 Å². The average molecular weight is 482 g/mol. The van der Waals surface area contributed by atoms with Crippen LogP contribution in [0.3, 0.4) is 0 Å². The maximum atomic E-state index is 14.0. The normalized spacial score (nSPS) is 18.5. The van der Waals surface area contributed by atoms with Crippen LogP contribution in [0.1, 0.15) is 18.5 Å². The summed E-state index contributed by atoms with van der Waals surface area (Å²) in [5.41, 5.74) is 3.51. The van der Waals surface area contributed by atoms with Crippen LogP contribution in [0.25, 0.3) is 0 Å². The molecule has 0 saturated carbocycles. The number of allylic oxidation sites excluding steroid dienone is 1. The molecule has 1 amide bonds. The van der Waals surface area contributed by atoms with Crippen molar-refractivity contribution < 1.29 is 4.79 Å². The second kappa shape index (κ2) is 8.76. The van der Waals surface area contributed by atoms with Crippen molar-refractivity contribution in [1.29, 1.82) is 0 Å². The van der Waals surface area contributed by atoms with Gasteiger partial charge in [-0.15, -0.1) is 0 Å². The van der Waals surface area contributed by atoms with Crippen molar-refractivity contribution in [3.8, 4) is 0 Å². The van der Waals surface area contributed by atoms with Gasteiger partial charge in [-0.05, 0) is 25.1 Å². The number of rotatable bonds is 3. The molecule has 6 nitrogen and oxygen atoms in total. The molecule has 2 aliphatic rings. The molecule has 1 saturated heterocycles. The van der Waals surface area contributed by atoms with Crippen molar-refractivity contribution in [2.45, 2.75) is 13.0 Å². The van der Waals surface area contributed by atoms with Crippen molar-refractivity contribution in [3.63, 3.8) is 0 Å². The third-order valence-electron chi connectivity index (χ3n) is 6.60. The standard InChI is InChI=1S/C25H25Cl2N5O/c1-17-22(25(33)31-15-13-30(14-16-31)18-7-4-3-5-8-18)24(19-9-6-10-20(26)23(19)27)32-21(29(17)2)11-12-28-32/h3-12,24H,13-16H2,1-2H3. The third-order valence-corrected chi connectivity index (χ3v) is 7.43. The third kappa shape index (κ3) is 3.77. The second-order valence-corrected chi connectivity index (χ2v) is 9.14. The number of fused-ring (bicyclic) bond motifs is 1. The number of hydrogen-bond acceptors (Lipinski definition) is 4. The van der Waals surface area contributed by atoms with Gasteiger partial charge < -0.3 is 14.7 Å². The first-order valence-corrected chi connectivity index (χ1v) is 11.7. The minimum Gasteiger partial charge on any atom is -0.368 e. The molecule has 1 atom stereocenters. The molecular formula is C25H25Cl2N5O. The Labute approximate surface area is 203 Å². The summed E-state index contributed by atoms with van der Waals surface area (Å²) in [6, 6.07) is 17.3. The summed E-state index contributed by atoms with van der Waals surface area (Å²) in [5.74, 6) is 0.910. The predicted molar refractivity (Wildman–Crippen MR) is 133 cm³/mol. The summed E-state index contributed by atoms with van der Waals surface area (Å²) < 4.78 is 1.86. The first-order chi connectivity index (χ1) is 16.0. The minimum atomic E-state index is -0.447. The van der Waals surface area contributed by atoms with Gasteiger partial charge in [-0.2, -0.15) is 5.10 Å². The molecule has 33 heavy (non-hydrogen) atoms. The fourth-order valence-electron chi connectivity index (χ4n) is 4.71. The average Bonchev–Trinajstić information content (AvgIpc) is 3.33. The van der Waals surface area contributed by atoms with Crippen molar-refractivity contribution >= 4 is 40.6 Å². The molecule has 0 N–H and O–H groups in total. The van der Waals surface area contributed by atoms with Gasteiger partial charge in [0.1, 0.15) is 11.9 Å². The van der Waals surface area contributed by atoms with E-state index in [2.05, 4.69) is 22.1 Å². The second-order valence-electron chi connectivity index (χ2n) is 8.35. The highest BCUT2D eigenvalue weighted by molar-refractivity contribution is 6.42. The van der Waals surface area contributed by atoms with Crippen LogP contribution in [-0.2, 0) is 4.79 Å². The zero-order valence-electron chi connectivity index (χ0n) is 18.6. The van der Waals surface area contributed by atoms with Crippen LogP contribution >= 0.6 is 23.2 Å². The SMILES string of the molecule is CC1=C(C(=O)N2CCN(c3ccccc3)CC2)C(c2cccc(Cl)c2Cl)n2nccc2N1C. The van der Waals surface area contributed by atoms with E-state index in [1.807, 2.05) is 64.9 Å². The van der Waals surface area contributed by atoms with Crippen LogP contribution in [0, 0.1) is 0 Å². The maximum absolute atomic E-state index is 14.0. The van der Waals surface area contributed by atoms with E-state index in [1.54, 1.807) is 12.3 Å². The highest BCUT2D eigenvalue weighted by Gasteiger charge is 2.38. The number of para-hydroxylation sites is 1. The molecule has 0 spiro atoms. The Balaban J connectivity index is 1.49. The fourth-order valence-corrected chi connectivity index (χ4v) is 5.12. The topological polar surface area (TPSA) is 44.6 Å². The van der Waals surface area contributed by atoms with Gasteiger partial charge in [0.2, 0.25) is 0 Å². The first kappa shape index (κ1) is 21.9. The van der Waals surface area contributed by atoms with E-state index in [0.29, 0.717) is 28.7 Å². The van der Waals surface area contributed by atoms with Crippen LogP contribution in [0.15, 0.2) is 72.1 Å². The molecular weight excluding hydrogens is 457 g/mol. The molecule has 0 bridgehead atoms. The van der Waals surface area contributed by atoms with Crippen molar-refractivity contribution in [2.24, 2.45) is 0 Å². The molecule has 3 heterocycles. The van der Waals surface area contributed by atoms with Crippen LogP contribution in [-0.4, -0.2) is 53.8 Å². The summed E-state index contributed by atoms with van der Waals surface area (Å²) in [6.07, 6.45) is 1.75. The van der Waals surface area contributed by atoms with Crippen molar-refractivity contribution in [1.82, 2.24) is 14.7 Å². The molecule has 5 rings (SSSR count). The molecule has 0 aliphatic carbocycles. The van der Waals surface area contributed by atoms with Gasteiger partial charge in [0.15, 0.2) is 0 Å². The van der Waals surface area contributed by atoms with Crippen LogP contribution in [0.2, 0.25) is 10.0 Å². The summed E-state index contributed by atoms with van der Waals surface area (Å²) >= 11 is 13.0. The van der Waals surface area contributed by atoms with E-state index >= 15 is 0 Å². The highest BCUT2D eigenvalue weighted by atomic mass is 35.5.